The number of benzene rings is 2. The Labute approximate surface area is 156 Å². The minimum absolute atomic E-state index is 0.128. The zero-order valence-electron chi connectivity index (χ0n) is 14.8. The third kappa shape index (κ3) is 5.04. The third-order valence-corrected chi connectivity index (χ3v) is 4.37. The lowest BCUT2D eigenvalue weighted by Gasteiger charge is -2.18. The highest BCUT2D eigenvalue weighted by molar-refractivity contribution is 5.75. The van der Waals surface area contributed by atoms with Gasteiger partial charge >= 0.3 is 5.69 Å². The summed E-state index contributed by atoms with van der Waals surface area (Å²) in [6.07, 6.45) is 2.05. The molecule has 1 heterocycles. The molecular formula is C21H21N3O3. The first-order valence-electron chi connectivity index (χ1n) is 8.80. The Morgan fingerprint density at radius 3 is 2.07 bits per heavy atom. The van der Waals surface area contributed by atoms with Gasteiger partial charge in [-0.25, -0.2) is 4.79 Å². The largest absolute Gasteiger partial charge is 0.355 e. The van der Waals surface area contributed by atoms with Gasteiger partial charge in [0.1, 0.15) is 6.54 Å². The molecule has 0 aliphatic carbocycles. The Bertz CT molecular complexity index is 955. The lowest BCUT2D eigenvalue weighted by molar-refractivity contribution is -0.121. The zero-order chi connectivity index (χ0) is 19.1. The molecule has 1 aromatic heterocycles. The predicted molar refractivity (Wildman–Crippen MR) is 104 cm³/mol. The molecule has 0 aliphatic rings. The molecule has 3 rings (SSSR count). The van der Waals surface area contributed by atoms with Crippen LogP contribution in [0.25, 0.3) is 0 Å². The van der Waals surface area contributed by atoms with E-state index in [2.05, 4.69) is 34.6 Å². The van der Waals surface area contributed by atoms with Crippen molar-refractivity contribution in [2.24, 2.45) is 0 Å². The number of carbonyl (C=O) groups is 1. The number of nitrogens with one attached hydrogen (secondary N) is 2. The Balaban J connectivity index is 1.63. The summed E-state index contributed by atoms with van der Waals surface area (Å²) in [6, 6.07) is 21.5. The van der Waals surface area contributed by atoms with Crippen LogP contribution in [0.3, 0.4) is 0 Å². The van der Waals surface area contributed by atoms with Crippen molar-refractivity contribution in [3.63, 3.8) is 0 Å². The quantitative estimate of drug-likeness (QED) is 0.672. The molecule has 6 heteroatoms. The van der Waals surface area contributed by atoms with Crippen LogP contribution >= 0.6 is 0 Å². The number of aromatic nitrogens is 2. The Kier molecular flexibility index (Phi) is 5.99. The number of amides is 1. The van der Waals surface area contributed by atoms with Crippen molar-refractivity contribution in [1.82, 2.24) is 14.9 Å². The minimum Gasteiger partial charge on any atom is -0.355 e. The third-order valence-electron chi connectivity index (χ3n) is 4.37. The molecule has 0 atom stereocenters. The normalized spacial score (nSPS) is 10.7. The first kappa shape index (κ1) is 18.4. The van der Waals surface area contributed by atoms with Crippen LogP contribution in [0.15, 0.2) is 82.5 Å². The lowest BCUT2D eigenvalue weighted by Crippen LogP contribution is -2.36. The summed E-state index contributed by atoms with van der Waals surface area (Å²) >= 11 is 0. The van der Waals surface area contributed by atoms with Crippen molar-refractivity contribution in [3.8, 4) is 0 Å². The van der Waals surface area contributed by atoms with Gasteiger partial charge in [0.2, 0.25) is 5.91 Å². The molecule has 0 fully saturated rings. The molecule has 3 aromatic rings. The average Bonchev–Trinajstić information content (AvgIpc) is 2.69. The van der Waals surface area contributed by atoms with Crippen molar-refractivity contribution in [3.05, 3.63) is 105 Å². The molecule has 0 bridgehead atoms. The summed E-state index contributed by atoms with van der Waals surface area (Å²) in [7, 11) is 0. The molecule has 27 heavy (non-hydrogen) atoms. The summed E-state index contributed by atoms with van der Waals surface area (Å²) in [6.45, 7) is 0.350. The zero-order valence-corrected chi connectivity index (χ0v) is 14.8. The van der Waals surface area contributed by atoms with E-state index in [4.69, 9.17) is 0 Å². The lowest BCUT2D eigenvalue weighted by atomic mass is 9.88. The molecule has 0 spiro atoms. The smallest absolute Gasteiger partial charge is 0.328 e. The number of hydrogen-bond acceptors (Lipinski definition) is 3. The van der Waals surface area contributed by atoms with E-state index in [1.54, 1.807) is 0 Å². The molecular weight excluding hydrogens is 342 g/mol. The van der Waals surface area contributed by atoms with Crippen molar-refractivity contribution in [2.45, 2.75) is 18.9 Å². The summed E-state index contributed by atoms with van der Waals surface area (Å²) in [4.78, 5) is 37.0. The number of nitrogens with zero attached hydrogens (tertiary/aromatic N) is 1. The summed E-state index contributed by atoms with van der Waals surface area (Å²) in [5.41, 5.74) is 1.30. The molecule has 138 valence electrons. The monoisotopic (exact) mass is 363 g/mol. The van der Waals surface area contributed by atoms with Crippen molar-refractivity contribution in [1.29, 1.82) is 0 Å². The van der Waals surface area contributed by atoms with Crippen LogP contribution < -0.4 is 16.6 Å². The first-order chi connectivity index (χ1) is 13.1. The van der Waals surface area contributed by atoms with E-state index in [1.165, 1.54) is 28.0 Å². The fourth-order valence-corrected chi connectivity index (χ4v) is 3.03. The van der Waals surface area contributed by atoms with Crippen LogP contribution in [0.1, 0.15) is 23.5 Å². The highest BCUT2D eigenvalue weighted by atomic mass is 16.2. The number of carbonyl (C=O) groups excluding carboxylic acids is 1. The van der Waals surface area contributed by atoms with E-state index < -0.39 is 11.2 Å². The van der Waals surface area contributed by atoms with Crippen molar-refractivity contribution < 1.29 is 4.79 Å². The van der Waals surface area contributed by atoms with Crippen LogP contribution in [0.4, 0.5) is 0 Å². The average molecular weight is 363 g/mol. The summed E-state index contributed by atoms with van der Waals surface area (Å²) in [5, 5.41) is 2.85. The SMILES string of the molecule is O=C(Cn1ccc(=O)[nH]c1=O)NCCC(c1ccccc1)c1ccccc1. The van der Waals surface area contributed by atoms with Crippen LogP contribution in [0.2, 0.25) is 0 Å². The van der Waals surface area contributed by atoms with Gasteiger partial charge in [-0.15, -0.1) is 0 Å². The predicted octanol–water partition coefficient (Wildman–Crippen LogP) is 1.87. The Morgan fingerprint density at radius 2 is 1.52 bits per heavy atom. The number of H-pyrrole nitrogens is 1. The highest BCUT2D eigenvalue weighted by Gasteiger charge is 2.14. The fraction of sp³-hybridized carbons (Fsp3) is 0.190. The van der Waals surface area contributed by atoms with E-state index in [9.17, 15) is 14.4 Å². The maximum Gasteiger partial charge on any atom is 0.328 e. The Hall–Kier alpha value is -3.41. The first-order valence-corrected chi connectivity index (χ1v) is 8.80. The molecule has 0 saturated heterocycles. The molecule has 0 aliphatic heterocycles. The fourth-order valence-electron chi connectivity index (χ4n) is 3.03. The maximum atomic E-state index is 12.1. The van der Waals surface area contributed by atoms with Gasteiger partial charge in [-0.05, 0) is 17.5 Å². The maximum absolute atomic E-state index is 12.1. The molecule has 0 radical (unpaired) electrons. The Morgan fingerprint density at radius 1 is 0.926 bits per heavy atom. The van der Waals surface area contributed by atoms with Gasteiger partial charge in [-0.1, -0.05) is 60.7 Å². The second-order valence-electron chi connectivity index (χ2n) is 6.25. The second-order valence-corrected chi connectivity index (χ2v) is 6.25. The minimum atomic E-state index is -0.593. The van der Waals surface area contributed by atoms with E-state index in [1.807, 2.05) is 36.4 Å². The van der Waals surface area contributed by atoms with Gasteiger partial charge in [-0.3, -0.25) is 19.1 Å². The number of hydrogen-bond donors (Lipinski definition) is 2. The van der Waals surface area contributed by atoms with Crippen LogP contribution in [0, 0.1) is 0 Å². The van der Waals surface area contributed by atoms with Crippen molar-refractivity contribution >= 4 is 5.91 Å². The molecule has 6 nitrogen and oxygen atoms in total. The molecule has 1 amide bonds. The van der Waals surface area contributed by atoms with E-state index in [0.29, 0.717) is 6.54 Å². The van der Waals surface area contributed by atoms with E-state index >= 15 is 0 Å². The van der Waals surface area contributed by atoms with Gasteiger partial charge < -0.3 is 5.32 Å². The van der Waals surface area contributed by atoms with Gasteiger partial charge in [0.15, 0.2) is 0 Å². The summed E-state index contributed by atoms with van der Waals surface area (Å²) < 4.78 is 1.17. The van der Waals surface area contributed by atoms with Crippen molar-refractivity contribution in [2.75, 3.05) is 6.54 Å². The highest BCUT2D eigenvalue weighted by Crippen LogP contribution is 2.27. The molecule has 0 unspecified atom stereocenters. The van der Waals surface area contributed by atoms with Crippen LogP contribution in [-0.4, -0.2) is 22.0 Å². The molecule has 2 aromatic carbocycles. The van der Waals surface area contributed by atoms with Gasteiger partial charge in [-0.2, -0.15) is 0 Å². The van der Waals surface area contributed by atoms with Crippen LogP contribution in [-0.2, 0) is 11.3 Å². The van der Waals surface area contributed by atoms with Gasteiger partial charge in [0, 0.05) is 24.7 Å². The number of aromatic amines is 1. The standard InChI is InChI=1S/C21H21N3O3/c25-19-12-14-24(21(27)23-19)15-20(26)22-13-11-18(16-7-3-1-4-8-16)17-9-5-2-6-10-17/h1-10,12,14,18H,11,13,15H2,(H,22,26)(H,23,25,27). The van der Waals surface area contributed by atoms with E-state index in [-0.39, 0.29) is 18.4 Å². The molecule has 2 N–H and O–H groups in total. The summed E-state index contributed by atoms with van der Waals surface area (Å²) in [5.74, 6) is -0.104. The van der Waals surface area contributed by atoms with Gasteiger partial charge in [0.25, 0.3) is 5.56 Å². The van der Waals surface area contributed by atoms with Crippen LogP contribution in [0.5, 0.6) is 0 Å². The second kappa shape index (κ2) is 8.80. The topological polar surface area (TPSA) is 84.0 Å². The molecule has 0 saturated carbocycles. The van der Waals surface area contributed by atoms with E-state index in [0.717, 1.165) is 6.42 Å². The van der Waals surface area contributed by atoms with Gasteiger partial charge in [0.05, 0.1) is 0 Å². The number of rotatable bonds is 7.